The number of carboxylic acid groups (broad SMARTS) is 1. The third kappa shape index (κ3) is 4.09. The first-order valence-corrected chi connectivity index (χ1v) is 5.77. The minimum absolute atomic E-state index is 0.0692. The largest absolute Gasteiger partial charge is 0.478 e. The molecule has 0 atom stereocenters. The van der Waals surface area contributed by atoms with Gasteiger partial charge >= 0.3 is 5.97 Å². The summed E-state index contributed by atoms with van der Waals surface area (Å²) in [6.45, 7) is 4.75. The van der Waals surface area contributed by atoms with Gasteiger partial charge in [0.05, 0.1) is 11.3 Å². The first-order valence-electron chi connectivity index (χ1n) is 5.77. The fourth-order valence-corrected chi connectivity index (χ4v) is 1.39. The second-order valence-corrected chi connectivity index (χ2v) is 4.39. The number of rotatable bonds is 4. The Morgan fingerprint density at radius 1 is 1.16 bits per heavy atom. The second-order valence-electron chi connectivity index (χ2n) is 4.39. The smallest absolute Gasteiger partial charge is 0.337 e. The van der Waals surface area contributed by atoms with Crippen LogP contribution in [0.5, 0.6) is 0 Å². The molecule has 0 fully saturated rings. The van der Waals surface area contributed by atoms with E-state index in [0.717, 1.165) is 0 Å². The van der Waals surface area contributed by atoms with Crippen LogP contribution in [0.4, 0.5) is 11.4 Å². The SMILES string of the molecule is CC(=O)Nc1ccc(NC(=O)C(C)C)c(C(=O)O)c1. The van der Waals surface area contributed by atoms with Gasteiger partial charge in [-0.15, -0.1) is 0 Å². The molecular formula is C13H16N2O4. The maximum absolute atomic E-state index is 11.6. The Labute approximate surface area is 110 Å². The first kappa shape index (κ1) is 14.7. The molecule has 6 nitrogen and oxygen atoms in total. The summed E-state index contributed by atoms with van der Waals surface area (Å²) in [5.41, 5.74) is 0.507. The summed E-state index contributed by atoms with van der Waals surface area (Å²) in [6, 6.07) is 4.29. The van der Waals surface area contributed by atoms with Gasteiger partial charge in [-0.2, -0.15) is 0 Å². The zero-order valence-electron chi connectivity index (χ0n) is 11.0. The summed E-state index contributed by atoms with van der Waals surface area (Å²) in [7, 11) is 0. The van der Waals surface area contributed by atoms with Crippen LogP contribution in [0.2, 0.25) is 0 Å². The lowest BCUT2D eigenvalue weighted by atomic mass is 10.1. The molecule has 102 valence electrons. The molecule has 19 heavy (non-hydrogen) atoms. The van der Waals surface area contributed by atoms with Crippen LogP contribution in [-0.4, -0.2) is 22.9 Å². The van der Waals surface area contributed by atoms with Crippen molar-refractivity contribution >= 4 is 29.2 Å². The molecule has 1 aromatic carbocycles. The van der Waals surface area contributed by atoms with E-state index < -0.39 is 5.97 Å². The molecular weight excluding hydrogens is 248 g/mol. The highest BCUT2D eigenvalue weighted by molar-refractivity contribution is 6.02. The van der Waals surface area contributed by atoms with E-state index in [0.29, 0.717) is 5.69 Å². The van der Waals surface area contributed by atoms with E-state index in [1.54, 1.807) is 13.8 Å². The van der Waals surface area contributed by atoms with Crippen LogP contribution >= 0.6 is 0 Å². The number of nitrogens with one attached hydrogen (secondary N) is 2. The van der Waals surface area contributed by atoms with Crippen molar-refractivity contribution in [3.63, 3.8) is 0 Å². The van der Waals surface area contributed by atoms with E-state index in [4.69, 9.17) is 5.11 Å². The fourth-order valence-electron chi connectivity index (χ4n) is 1.39. The van der Waals surface area contributed by atoms with Gasteiger partial charge in [0, 0.05) is 18.5 Å². The number of benzene rings is 1. The number of hydrogen-bond acceptors (Lipinski definition) is 3. The zero-order chi connectivity index (χ0) is 14.6. The summed E-state index contributed by atoms with van der Waals surface area (Å²) in [6.07, 6.45) is 0. The predicted octanol–water partition coefficient (Wildman–Crippen LogP) is 1.94. The molecule has 0 radical (unpaired) electrons. The summed E-state index contributed by atoms with van der Waals surface area (Å²) < 4.78 is 0. The molecule has 0 bridgehead atoms. The summed E-state index contributed by atoms with van der Waals surface area (Å²) in [5, 5.41) is 14.1. The molecule has 0 saturated heterocycles. The van der Waals surface area contributed by atoms with E-state index in [-0.39, 0.29) is 29.0 Å². The van der Waals surface area contributed by atoms with Gasteiger partial charge in [0.1, 0.15) is 0 Å². The van der Waals surface area contributed by atoms with E-state index in [9.17, 15) is 14.4 Å². The molecule has 0 aliphatic carbocycles. The number of carboxylic acids is 1. The Morgan fingerprint density at radius 2 is 1.79 bits per heavy atom. The number of carbonyl (C=O) groups is 3. The van der Waals surface area contributed by atoms with Crippen molar-refractivity contribution in [2.24, 2.45) is 5.92 Å². The predicted molar refractivity (Wildman–Crippen MR) is 71.2 cm³/mol. The van der Waals surface area contributed by atoms with Gasteiger partial charge in [-0.05, 0) is 18.2 Å². The second kappa shape index (κ2) is 5.99. The van der Waals surface area contributed by atoms with Gasteiger partial charge in [0.2, 0.25) is 11.8 Å². The van der Waals surface area contributed by atoms with Crippen LogP contribution in [0.15, 0.2) is 18.2 Å². The standard InChI is InChI=1S/C13H16N2O4/c1-7(2)12(17)15-11-5-4-9(14-8(3)16)6-10(11)13(18)19/h4-7H,1-3H3,(H,14,16)(H,15,17)(H,18,19). The van der Waals surface area contributed by atoms with Crippen LogP contribution in [0.3, 0.4) is 0 Å². The molecule has 0 aromatic heterocycles. The molecule has 1 aromatic rings. The highest BCUT2D eigenvalue weighted by atomic mass is 16.4. The topological polar surface area (TPSA) is 95.5 Å². The van der Waals surface area contributed by atoms with Gasteiger partial charge in [0.15, 0.2) is 0 Å². The average Bonchev–Trinajstić information content (AvgIpc) is 2.29. The lowest BCUT2D eigenvalue weighted by Gasteiger charge is -2.12. The minimum atomic E-state index is -1.17. The highest BCUT2D eigenvalue weighted by Gasteiger charge is 2.15. The summed E-state index contributed by atoms with van der Waals surface area (Å²) in [4.78, 5) is 33.6. The number of amides is 2. The molecule has 6 heteroatoms. The molecule has 0 unspecified atom stereocenters. The number of aromatic carboxylic acids is 1. The van der Waals surface area contributed by atoms with Crippen LogP contribution in [-0.2, 0) is 9.59 Å². The maximum Gasteiger partial charge on any atom is 0.337 e. The van der Waals surface area contributed by atoms with Gasteiger partial charge < -0.3 is 15.7 Å². The molecule has 3 N–H and O–H groups in total. The molecule has 2 amide bonds. The molecule has 0 aliphatic heterocycles. The molecule has 0 heterocycles. The van der Waals surface area contributed by atoms with Crippen molar-refractivity contribution in [3.8, 4) is 0 Å². The van der Waals surface area contributed by atoms with Gasteiger partial charge in [-0.3, -0.25) is 9.59 Å². The Morgan fingerprint density at radius 3 is 2.26 bits per heavy atom. The van der Waals surface area contributed by atoms with Crippen LogP contribution in [0, 0.1) is 5.92 Å². The zero-order valence-corrected chi connectivity index (χ0v) is 11.0. The molecule has 1 rings (SSSR count). The van der Waals surface area contributed by atoms with Crippen molar-refractivity contribution < 1.29 is 19.5 Å². The van der Waals surface area contributed by atoms with Crippen molar-refractivity contribution in [1.29, 1.82) is 0 Å². The Bertz CT molecular complexity index is 523. The van der Waals surface area contributed by atoms with Crippen LogP contribution < -0.4 is 10.6 Å². The van der Waals surface area contributed by atoms with Gasteiger partial charge in [-0.1, -0.05) is 13.8 Å². The van der Waals surface area contributed by atoms with Crippen LogP contribution in [0.25, 0.3) is 0 Å². The quantitative estimate of drug-likeness (QED) is 0.774. The van der Waals surface area contributed by atoms with Gasteiger partial charge in [0.25, 0.3) is 0 Å². The Kier molecular flexibility index (Phi) is 4.63. The fraction of sp³-hybridized carbons (Fsp3) is 0.308. The molecule has 0 aliphatic rings. The third-order valence-electron chi connectivity index (χ3n) is 2.35. The van der Waals surface area contributed by atoms with Crippen molar-refractivity contribution in [3.05, 3.63) is 23.8 Å². The van der Waals surface area contributed by atoms with E-state index in [1.807, 2.05) is 0 Å². The summed E-state index contributed by atoms with van der Waals surface area (Å²) >= 11 is 0. The Hall–Kier alpha value is -2.37. The van der Waals surface area contributed by atoms with Crippen molar-refractivity contribution in [1.82, 2.24) is 0 Å². The molecule has 0 spiro atoms. The lowest BCUT2D eigenvalue weighted by Crippen LogP contribution is -2.19. The lowest BCUT2D eigenvalue weighted by molar-refractivity contribution is -0.119. The average molecular weight is 264 g/mol. The number of hydrogen-bond donors (Lipinski definition) is 3. The van der Waals surface area contributed by atoms with Crippen molar-refractivity contribution in [2.75, 3.05) is 10.6 Å². The normalized spacial score (nSPS) is 10.1. The minimum Gasteiger partial charge on any atom is -0.478 e. The maximum atomic E-state index is 11.6. The monoisotopic (exact) mass is 264 g/mol. The van der Waals surface area contributed by atoms with Crippen molar-refractivity contribution in [2.45, 2.75) is 20.8 Å². The highest BCUT2D eigenvalue weighted by Crippen LogP contribution is 2.21. The van der Waals surface area contributed by atoms with Crippen LogP contribution in [0.1, 0.15) is 31.1 Å². The van der Waals surface area contributed by atoms with E-state index >= 15 is 0 Å². The van der Waals surface area contributed by atoms with Gasteiger partial charge in [-0.25, -0.2) is 4.79 Å². The number of carbonyl (C=O) groups excluding carboxylic acids is 2. The van der Waals surface area contributed by atoms with E-state index in [2.05, 4.69) is 10.6 Å². The number of anilines is 2. The Balaban J connectivity index is 3.08. The molecule has 0 saturated carbocycles. The summed E-state index contributed by atoms with van der Waals surface area (Å²) in [5.74, 6) is -1.99. The first-order chi connectivity index (χ1) is 8.81. The third-order valence-corrected chi connectivity index (χ3v) is 2.35. The van der Waals surface area contributed by atoms with E-state index in [1.165, 1.54) is 25.1 Å².